The van der Waals surface area contributed by atoms with E-state index in [1.807, 2.05) is 0 Å². The first kappa shape index (κ1) is 12.1. The van der Waals surface area contributed by atoms with Crippen molar-refractivity contribution in [2.75, 3.05) is 0 Å². The van der Waals surface area contributed by atoms with E-state index in [1.165, 1.54) is 0 Å². The molecule has 0 aromatic carbocycles. The molecule has 0 aliphatic rings. The number of hydrogen-bond acceptors (Lipinski definition) is 3. The van der Waals surface area contributed by atoms with E-state index in [9.17, 15) is 0 Å². The molecule has 7 nitrogen and oxygen atoms in total. The Morgan fingerprint density at radius 3 is 1.11 bits per heavy atom. The Balaban J connectivity index is 0. The van der Waals surface area contributed by atoms with Crippen LogP contribution in [-0.2, 0) is 26.5 Å². The summed E-state index contributed by atoms with van der Waals surface area (Å²) in [6.45, 7) is 0. The summed E-state index contributed by atoms with van der Waals surface area (Å²) >= 11 is -8.81. The molecule has 0 saturated carbocycles. The Kier molecular flexibility index (Phi) is 6.98. The van der Waals surface area contributed by atoms with Crippen molar-refractivity contribution in [2.45, 2.75) is 0 Å². The first-order valence-corrected chi connectivity index (χ1v) is 6.40. The number of hydrogen-bond donors (Lipinski definition) is 4. The van der Waals surface area contributed by atoms with Gasteiger partial charge in [0, 0.05) is 0 Å². The van der Waals surface area contributed by atoms with Crippen LogP contribution in [0.2, 0.25) is 0 Å². The van der Waals surface area contributed by atoms with Crippen LogP contribution in [0.1, 0.15) is 0 Å². The first-order valence-electron chi connectivity index (χ1n) is 1.35. The van der Waals surface area contributed by atoms with E-state index in [4.69, 9.17) is 27.4 Å². The Morgan fingerprint density at radius 1 is 1.11 bits per heavy atom. The van der Waals surface area contributed by atoms with Crippen LogP contribution >= 0.6 is 0 Å². The van der Waals surface area contributed by atoms with Crippen molar-refractivity contribution in [3.8, 4) is 0 Å². The van der Waals surface area contributed by atoms with Gasteiger partial charge in [-0.3, -0.25) is 0 Å². The second-order valence-corrected chi connectivity index (χ2v) is 3.65. The second kappa shape index (κ2) is 5.19. The predicted octanol–water partition coefficient (Wildman–Crippen LogP) is -2.97. The Morgan fingerprint density at radius 2 is 1.11 bits per heavy atom. The van der Waals surface area contributed by atoms with E-state index in [-0.39, 0.29) is 0 Å². The third-order valence-electron chi connectivity index (χ3n) is 0. The summed E-state index contributed by atoms with van der Waals surface area (Å²) in [5.74, 6) is 0. The third-order valence-corrected chi connectivity index (χ3v) is 0. The van der Waals surface area contributed by atoms with Crippen LogP contribution in [0.5, 0.6) is 0 Å². The van der Waals surface area contributed by atoms with Crippen LogP contribution in [0.15, 0.2) is 0 Å². The van der Waals surface area contributed by atoms with Gasteiger partial charge in [0.25, 0.3) is 0 Å². The summed E-state index contributed by atoms with van der Waals surface area (Å²) in [5.41, 5.74) is 0. The van der Waals surface area contributed by atoms with E-state index in [0.29, 0.717) is 0 Å². The van der Waals surface area contributed by atoms with Crippen molar-refractivity contribution in [1.29, 1.82) is 0 Å². The summed E-state index contributed by atoms with van der Waals surface area (Å²) in [5, 5.41) is 0. The molecule has 0 aromatic heterocycles. The van der Waals surface area contributed by atoms with E-state index in [1.54, 1.807) is 0 Å². The van der Waals surface area contributed by atoms with E-state index in [0.717, 1.165) is 0 Å². The second-order valence-electron chi connectivity index (χ2n) is 0.751. The normalized spacial score (nSPS) is 9.33. The van der Waals surface area contributed by atoms with Crippen molar-refractivity contribution in [1.82, 2.24) is 0 Å². The average molecular weight is 242 g/mol. The third kappa shape index (κ3) is 2330. The van der Waals surface area contributed by atoms with Crippen molar-refractivity contribution in [3.63, 3.8) is 0 Å². The van der Waals surface area contributed by atoms with Gasteiger partial charge in [-0.05, 0) is 0 Å². The quantitative estimate of drug-likeness (QED) is 0.333. The fraction of sp³-hybridized carbons (Fsp3) is 0. The minimum atomic E-state index is -5.12. The summed E-state index contributed by atoms with van der Waals surface area (Å²) in [6, 6.07) is 0. The molecule has 9 heavy (non-hydrogen) atoms. The van der Waals surface area contributed by atoms with Crippen LogP contribution in [0.3, 0.4) is 0 Å². The van der Waals surface area contributed by atoms with E-state index < -0.39 is 29.9 Å². The summed E-state index contributed by atoms with van der Waals surface area (Å²) in [4.78, 5) is 0. The van der Waals surface area contributed by atoms with Crippen molar-refractivity contribution in [2.24, 2.45) is 0 Å². The average Bonchev–Trinajstić information content (AvgIpc) is 1.19. The van der Waals surface area contributed by atoms with Gasteiger partial charge >= 0.3 is 57.3 Å². The molecule has 0 atom stereocenters. The zero-order chi connectivity index (χ0) is 8.08. The molecule has 0 bridgehead atoms. The van der Waals surface area contributed by atoms with Gasteiger partial charge in [0.2, 0.25) is 0 Å². The zero-order valence-electron chi connectivity index (χ0n) is 3.91. The molecule has 0 fully saturated rings. The summed E-state index contributed by atoms with van der Waals surface area (Å²) < 4.78 is 55.1. The Bertz CT molecular complexity index is 143. The topological polar surface area (TPSA) is 132 Å². The summed E-state index contributed by atoms with van der Waals surface area (Å²) in [6.07, 6.45) is 0. The zero-order valence-corrected chi connectivity index (χ0v) is 7.18. The van der Waals surface area contributed by atoms with Crippen LogP contribution in [0, 0.1) is 0 Å². The van der Waals surface area contributed by atoms with Gasteiger partial charge in [-0.25, -0.2) is 0 Å². The van der Waals surface area contributed by atoms with Crippen molar-refractivity contribution in [3.05, 3.63) is 0 Å². The predicted molar refractivity (Wildman–Crippen MR) is 16.7 cm³/mol. The van der Waals surface area contributed by atoms with Crippen LogP contribution in [0.25, 0.3) is 0 Å². The van der Waals surface area contributed by atoms with Gasteiger partial charge in [0.1, 0.15) is 0 Å². The fourth-order valence-corrected chi connectivity index (χ4v) is 0. The van der Waals surface area contributed by atoms with E-state index in [2.05, 4.69) is 0 Å². The molecular weight excluding hydrogens is 238 g/mol. The summed E-state index contributed by atoms with van der Waals surface area (Å²) in [7, 11) is 0. The van der Waals surface area contributed by atoms with Gasteiger partial charge in [-0.15, -0.1) is 0 Å². The molecule has 0 amide bonds. The molecule has 9 heteroatoms. The molecule has 0 heterocycles. The van der Waals surface area contributed by atoms with Gasteiger partial charge in [0.15, 0.2) is 0 Å². The molecule has 0 saturated heterocycles. The molecule has 0 spiro atoms. The Hall–Kier alpha value is 0.383. The van der Waals surface area contributed by atoms with Crippen molar-refractivity contribution >= 4 is 14.5 Å². The standard InChI is InChI=1S/AsH3O4.H2O.2O.V/c2-1(3,4)5;;;;/h(H3,2,3,4,5);1H2;;;/q;;;;+1/p-1. The molecule has 0 unspecified atom stereocenters. The van der Waals surface area contributed by atoms with Gasteiger partial charge in [0.05, 0.1) is 0 Å². The van der Waals surface area contributed by atoms with Crippen LogP contribution in [-0.4, -0.2) is 30.8 Å². The fourth-order valence-electron chi connectivity index (χ4n) is 0. The number of rotatable bonds is 0. The molecule has 0 aliphatic heterocycles. The Labute approximate surface area is 57.7 Å². The minimum absolute atomic E-state index is 3.69. The van der Waals surface area contributed by atoms with Crippen LogP contribution in [0.4, 0.5) is 0 Å². The molecule has 0 radical (unpaired) electrons. The maximum absolute atomic E-state index is 8.94. The van der Waals surface area contributed by atoms with E-state index >= 15 is 0 Å². The molecular formula is H4AsO7V. The van der Waals surface area contributed by atoms with Crippen molar-refractivity contribution < 1.29 is 42.8 Å². The van der Waals surface area contributed by atoms with Gasteiger partial charge in [-0.2, -0.15) is 0 Å². The first-order chi connectivity index (χ1) is 3.73. The molecule has 0 aromatic rings. The molecule has 0 rings (SSSR count). The molecule has 0 aliphatic carbocycles. The van der Waals surface area contributed by atoms with Gasteiger partial charge < -0.3 is 0 Å². The van der Waals surface area contributed by atoms with Crippen LogP contribution < -0.4 is 0 Å². The van der Waals surface area contributed by atoms with Gasteiger partial charge in [-0.1, -0.05) is 0 Å². The maximum atomic E-state index is 8.94. The SMILES string of the molecule is O=[As](O)(O)O.[O]=[V](=[O])[OH]. The monoisotopic (exact) mass is 242 g/mol. The molecule has 56 valence electrons. The molecule has 4 N–H and O–H groups in total.